The van der Waals surface area contributed by atoms with Gasteiger partial charge in [-0.3, -0.25) is 23.7 Å². The summed E-state index contributed by atoms with van der Waals surface area (Å²) < 4.78 is 40.3. The van der Waals surface area contributed by atoms with Crippen molar-refractivity contribution >= 4 is 41.2 Å². The molecule has 16 heteroatoms. The third kappa shape index (κ3) is 7.26. The third-order valence-electron chi connectivity index (χ3n) is 5.22. The monoisotopic (exact) mass is 639 g/mol. The topological polar surface area (TPSA) is 167 Å². The van der Waals surface area contributed by atoms with Crippen LogP contribution in [0.2, 0.25) is 0 Å². The summed E-state index contributed by atoms with van der Waals surface area (Å²) in [5, 5.41) is 13.3. The first-order chi connectivity index (χ1) is 17.8. The number of rotatable bonds is 11. The number of nitrogens with zero attached hydrogens (tertiary/aromatic N) is 1. The Kier molecular flexibility index (Phi) is 9.85. The number of ether oxygens (including phenoxy) is 3. The second-order valence-corrected chi connectivity index (χ2v) is 12.7. The predicted octanol–water partition coefficient (Wildman–Crippen LogP) is 2.27. The van der Waals surface area contributed by atoms with Gasteiger partial charge in [0.2, 0.25) is 0 Å². The van der Waals surface area contributed by atoms with Gasteiger partial charge in [0.1, 0.15) is 29.7 Å². The van der Waals surface area contributed by atoms with Crippen LogP contribution in [0, 0.1) is 0 Å². The molecule has 2 heterocycles. The van der Waals surface area contributed by atoms with Crippen molar-refractivity contribution in [3.63, 3.8) is 0 Å². The van der Waals surface area contributed by atoms with Gasteiger partial charge in [-0.15, -0.1) is 0 Å². The fraction of sp³-hybridized carbons (Fsp3) is 0.500. The van der Waals surface area contributed by atoms with E-state index >= 15 is 0 Å². The quantitative estimate of drug-likeness (QED) is 0.187. The Morgan fingerprint density at radius 3 is 2.63 bits per heavy atom. The molecule has 3 N–H and O–H groups in total. The zero-order chi connectivity index (χ0) is 28.3. The van der Waals surface area contributed by atoms with Crippen LogP contribution in [0.25, 0.3) is 0 Å². The fourth-order valence-corrected chi connectivity index (χ4v) is 5.81. The van der Waals surface area contributed by atoms with E-state index in [-0.39, 0.29) is 5.75 Å². The number of alkyl halides is 2. The maximum Gasteiger partial charge on any atom is 0.459 e. The lowest BCUT2D eigenvalue weighted by Gasteiger charge is -2.25. The number of carbonyl (C=O) groups excluding carboxylic acids is 1. The molecule has 38 heavy (non-hydrogen) atoms. The molecule has 0 amide bonds. The molecule has 6 atom stereocenters. The summed E-state index contributed by atoms with van der Waals surface area (Å²) in [6.07, 6.45) is -3.26. The van der Waals surface area contributed by atoms with Crippen molar-refractivity contribution in [2.45, 2.75) is 55.1 Å². The number of methoxy groups -OCH3 is 1. The Morgan fingerprint density at radius 2 is 2.00 bits per heavy atom. The van der Waals surface area contributed by atoms with Crippen LogP contribution >= 0.6 is 35.3 Å². The van der Waals surface area contributed by atoms with Crippen LogP contribution in [0.1, 0.15) is 27.0 Å². The minimum atomic E-state index is -4.33. The van der Waals surface area contributed by atoms with Crippen molar-refractivity contribution in [2.24, 2.45) is 0 Å². The number of hydrogen-bond donors (Lipinski definition) is 3. The number of nitrogens with one attached hydrogen (secondary N) is 2. The lowest BCUT2D eigenvalue weighted by atomic mass is 10.2. The SMILES string of the molecule is COc1cccc(O[P@](=O)(N[C@H](C)C(=O)OC(C)C)OC[C@H]2O[C@@H](n3ccc(=O)[nH]c3=O)[C@](Cl)(Br)[C@@H]2O)c1. The smallest absolute Gasteiger partial charge is 0.459 e. The van der Waals surface area contributed by atoms with E-state index < -0.39 is 65.9 Å². The first-order valence-corrected chi connectivity index (χ1v) is 14.1. The van der Waals surface area contributed by atoms with Crippen molar-refractivity contribution in [3.05, 3.63) is 57.4 Å². The van der Waals surface area contributed by atoms with E-state index in [1.807, 2.05) is 0 Å². The summed E-state index contributed by atoms with van der Waals surface area (Å²) in [5.41, 5.74) is -1.46. The molecule has 210 valence electrons. The van der Waals surface area contributed by atoms with Crippen LogP contribution in [-0.2, 0) is 23.4 Å². The van der Waals surface area contributed by atoms with Crippen molar-refractivity contribution in [3.8, 4) is 11.5 Å². The Morgan fingerprint density at radius 1 is 1.32 bits per heavy atom. The molecule has 0 aliphatic carbocycles. The molecule has 13 nitrogen and oxygen atoms in total. The molecule has 2 aromatic rings. The van der Waals surface area contributed by atoms with Gasteiger partial charge in [-0.05, 0) is 32.9 Å². The number of aromatic nitrogens is 2. The Labute approximate surface area is 231 Å². The molecule has 0 saturated carbocycles. The van der Waals surface area contributed by atoms with Crippen LogP contribution in [0.5, 0.6) is 11.5 Å². The number of aliphatic hydroxyl groups is 1. The van der Waals surface area contributed by atoms with E-state index in [0.717, 1.165) is 16.8 Å². The molecule has 3 rings (SSSR count). The normalized spacial score (nSPS) is 25.5. The predicted molar refractivity (Wildman–Crippen MR) is 140 cm³/mol. The number of aliphatic hydroxyl groups excluding tert-OH is 1. The van der Waals surface area contributed by atoms with Crippen molar-refractivity contribution in [2.75, 3.05) is 13.7 Å². The minimum absolute atomic E-state index is 0.0994. The Hall–Kier alpha value is -2.19. The molecule has 1 aliphatic rings. The summed E-state index contributed by atoms with van der Waals surface area (Å²) in [6.45, 7) is 4.19. The van der Waals surface area contributed by atoms with Gasteiger partial charge in [0, 0.05) is 18.3 Å². The average Bonchev–Trinajstić information content (AvgIpc) is 3.06. The van der Waals surface area contributed by atoms with E-state index in [1.165, 1.54) is 26.2 Å². The van der Waals surface area contributed by atoms with Crippen molar-refractivity contribution < 1.29 is 37.7 Å². The second kappa shape index (κ2) is 12.3. The van der Waals surface area contributed by atoms with Gasteiger partial charge in [-0.25, -0.2) is 9.36 Å². The van der Waals surface area contributed by atoms with Gasteiger partial charge in [-0.2, -0.15) is 5.09 Å². The summed E-state index contributed by atoms with van der Waals surface area (Å²) in [7, 11) is -2.88. The molecule has 0 unspecified atom stereocenters. The van der Waals surface area contributed by atoms with Gasteiger partial charge in [0.05, 0.1) is 19.8 Å². The molecular weight excluding hydrogens is 613 g/mol. The second-order valence-electron chi connectivity index (χ2n) is 8.56. The van der Waals surface area contributed by atoms with E-state index in [9.17, 15) is 24.1 Å². The molecule has 0 radical (unpaired) electrons. The van der Waals surface area contributed by atoms with Crippen LogP contribution in [0.4, 0.5) is 0 Å². The molecule has 1 fully saturated rings. The maximum absolute atomic E-state index is 13.8. The van der Waals surface area contributed by atoms with Crippen LogP contribution in [-0.4, -0.2) is 62.5 Å². The zero-order valence-electron chi connectivity index (χ0n) is 20.8. The molecule has 1 aromatic carbocycles. The van der Waals surface area contributed by atoms with Gasteiger partial charge in [-0.1, -0.05) is 33.6 Å². The molecule has 1 aliphatic heterocycles. The number of hydrogen-bond acceptors (Lipinski definition) is 10. The molecule has 1 saturated heterocycles. The van der Waals surface area contributed by atoms with Gasteiger partial charge in [0.15, 0.2) is 10.0 Å². The van der Waals surface area contributed by atoms with Crippen LogP contribution in [0.3, 0.4) is 0 Å². The largest absolute Gasteiger partial charge is 0.497 e. The van der Waals surface area contributed by atoms with E-state index in [0.29, 0.717) is 5.75 Å². The highest BCUT2D eigenvalue weighted by Crippen LogP contribution is 2.50. The highest BCUT2D eigenvalue weighted by atomic mass is 79.9. The molecule has 0 bridgehead atoms. The lowest BCUT2D eigenvalue weighted by molar-refractivity contribution is -0.149. The average molecular weight is 641 g/mol. The first-order valence-electron chi connectivity index (χ1n) is 11.3. The number of benzene rings is 1. The fourth-order valence-electron chi connectivity index (χ4n) is 3.40. The maximum atomic E-state index is 13.8. The molecular formula is C22H28BrClN3O10P. The summed E-state index contributed by atoms with van der Waals surface area (Å²) in [4.78, 5) is 38.1. The molecule has 0 spiro atoms. The first kappa shape index (κ1) is 30.4. The summed E-state index contributed by atoms with van der Waals surface area (Å²) >= 11 is 9.62. The summed E-state index contributed by atoms with van der Waals surface area (Å²) in [6, 6.07) is 6.16. The Balaban J connectivity index is 1.83. The molecule has 1 aromatic heterocycles. The van der Waals surface area contributed by atoms with E-state index in [1.54, 1.807) is 26.0 Å². The van der Waals surface area contributed by atoms with Gasteiger partial charge < -0.3 is 23.8 Å². The van der Waals surface area contributed by atoms with Crippen LogP contribution in [0.15, 0.2) is 46.1 Å². The van der Waals surface area contributed by atoms with Crippen molar-refractivity contribution in [1.29, 1.82) is 0 Å². The number of carbonyl (C=O) groups is 1. The standard InChI is InChI=1S/C22H28BrClN3O10P/c1-12(2)35-19(30)13(3)26-38(32,37-15-7-5-6-14(10-15)33-4)34-11-16-18(29)22(23,24)20(36-16)27-9-8-17(28)25-21(27)31/h5-10,12-13,16,18,20,29H,11H2,1-4H3,(H,26,32)(H,25,28,31)/t13-,16-,18-,20-,22+,38+/m1/s1. The minimum Gasteiger partial charge on any atom is -0.497 e. The summed E-state index contributed by atoms with van der Waals surface area (Å²) in [5.74, 6) is -0.188. The highest BCUT2D eigenvalue weighted by molar-refractivity contribution is 9.10. The lowest BCUT2D eigenvalue weighted by Crippen LogP contribution is -2.41. The van der Waals surface area contributed by atoms with Crippen molar-refractivity contribution in [1.82, 2.24) is 14.6 Å². The van der Waals surface area contributed by atoms with Gasteiger partial charge >= 0.3 is 19.4 Å². The number of H-pyrrole nitrogens is 1. The number of esters is 1. The van der Waals surface area contributed by atoms with Gasteiger partial charge in [0.25, 0.3) is 5.56 Å². The Bertz CT molecular complexity index is 1300. The number of halogens is 2. The van der Waals surface area contributed by atoms with E-state index in [4.69, 9.17) is 34.9 Å². The van der Waals surface area contributed by atoms with Crippen LogP contribution < -0.4 is 25.6 Å². The highest BCUT2D eigenvalue weighted by Gasteiger charge is 2.55. The van der Waals surface area contributed by atoms with E-state index in [2.05, 4.69) is 26.0 Å². The third-order valence-corrected chi connectivity index (χ3v) is 8.13. The number of aromatic amines is 1. The zero-order valence-corrected chi connectivity index (χ0v) is 24.1.